The molecule has 0 spiro atoms. The van der Waals surface area contributed by atoms with Crippen molar-refractivity contribution < 1.29 is 13.2 Å². The number of rotatable bonds is 5. The van der Waals surface area contributed by atoms with Crippen LogP contribution in [0.15, 0.2) is 58.5 Å². The van der Waals surface area contributed by atoms with E-state index in [0.717, 1.165) is 18.4 Å². The molecular formula is C18H18ClN3O3S. The van der Waals surface area contributed by atoms with Crippen LogP contribution in [0.5, 0.6) is 0 Å². The summed E-state index contributed by atoms with van der Waals surface area (Å²) in [5.41, 5.74) is 3.36. The van der Waals surface area contributed by atoms with E-state index in [4.69, 9.17) is 11.6 Å². The fraction of sp³-hybridized carbons (Fsp3) is 0.222. The predicted octanol–water partition coefficient (Wildman–Crippen LogP) is 2.89. The van der Waals surface area contributed by atoms with E-state index in [1.807, 2.05) is 0 Å². The molecule has 0 atom stereocenters. The summed E-state index contributed by atoms with van der Waals surface area (Å²) in [6, 6.07) is 13.0. The molecule has 136 valence electrons. The Balaban J connectivity index is 1.72. The third-order valence-electron chi connectivity index (χ3n) is 4.03. The largest absolute Gasteiger partial charge is 0.271 e. The van der Waals surface area contributed by atoms with Crippen molar-refractivity contribution in [1.82, 2.24) is 9.73 Å². The van der Waals surface area contributed by atoms with E-state index in [-0.39, 0.29) is 10.5 Å². The zero-order valence-corrected chi connectivity index (χ0v) is 15.5. The molecule has 0 aliphatic carbocycles. The number of nitrogens with one attached hydrogen (secondary N) is 1. The van der Waals surface area contributed by atoms with Gasteiger partial charge >= 0.3 is 0 Å². The first kappa shape index (κ1) is 18.6. The van der Waals surface area contributed by atoms with Crippen LogP contribution >= 0.6 is 11.6 Å². The summed E-state index contributed by atoms with van der Waals surface area (Å²) in [5.74, 6) is -0.484. The number of hydrogen-bond donors (Lipinski definition) is 1. The van der Waals surface area contributed by atoms with Crippen molar-refractivity contribution in [3.63, 3.8) is 0 Å². The van der Waals surface area contributed by atoms with Gasteiger partial charge in [-0.15, -0.1) is 0 Å². The third kappa shape index (κ3) is 4.30. The first-order valence-corrected chi connectivity index (χ1v) is 9.98. The molecule has 0 bridgehead atoms. The second kappa shape index (κ2) is 7.99. The number of benzene rings is 2. The molecule has 0 aromatic heterocycles. The Morgan fingerprint density at radius 2 is 1.85 bits per heavy atom. The Labute approximate surface area is 157 Å². The van der Waals surface area contributed by atoms with Crippen LogP contribution in [-0.2, 0) is 10.0 Å². The van der Waals surface area contributed by atoms with Gasteiger partial charge in [-0.25, -0.2) is 13.8 Å². The molecule has 1 N–H and O–H groups in total. The molecule has 2 aromatic rings. The quantitative estimate of drug-likeness (QED) is 0.628. The highest BCUT2D eigenvalue weighted by atomic mass is 35.5. The Hall–Kier alpha value is -2.22. The molecular weight excluding hydrogens is 374 g/mol. The van der Waals surface area contributed by atoms with Crippen molar-refractivity contribution in [2.24, 2.45) is 5.10 Å². The summed E-state index contributed by atoms with van der Waals surface area (Å²) in [6.45, 7) is 1.03. The molecule has 1 amide bonds. The molecule has 1 aliphatic heterocycles. The minimum Gasteiger partial charge on any atom is -0.267 e. The summed E-state index contributed by atoms with van der Waals surface area (Å²) < 4.78 is 26.6. The van der Waals surface area contributed by atoms with Crippen LogP contribution in [0.1, 0.15) is 28.8 Å². The maximum atomic E-state index is 12.6. The lowest BCUT2D eigenvalue weighted by atomic mass is 10.2. The minimum atomic E-state index is -3.56. The van der Waals surface area contributed by atoms with Crippen molar-refractivity contribution in [1.29, 1.82) is 0 Å². The first-order valence-electron chi connectivity index (χ1n) is 8.16. The maximum absolute atomic E-state index is 12.6. The van der Waals surface area contributed by atoms with Crippen molar-refractivity contribution in [3.05, 3.63) is 64.7 Å². The lowest BCUT2D eigenvalue weighted by molar-refractivity contribution is 0.0955. The van der Waals surface area contributed by atoms with Crippen molar-refractivity contribution >= 4 is 33.7 Å². The number of nitrogens with zero attached hydrogens (tertiary/aromatic N) is 2. The van der Waals surface area contributed by atoms with Gasteiger partial charge in [0.15, 0.2) is 0 Å². The number of carbonyl (C=O) groups excluding carboxylic acids is 1. The molecule has 1 fully saturated rings. The predicted molar refractivity (Wildman–Crippen MR) is 101 cm³/mol. The molecule has 26 heavy (non-hydrogen) atoms. The number of halogens is 1. The molecule has 8 heteroatoms. The molecule has 0 unspecified atom stereocenters. The maximum Gasteiger partial charge on any atom is 0.271 e. The van der Waals surface area contributed by atoms with Crippen LogP contribution in [0, 0.1) is 0 Å². The van der Waals surface area contributed by atoms with Crippen LogP contribution in [0.4, 0.5) is 0 Å². The smallest absolute Gasteiger partial charge is 0.267 e. The van der Waals surface area contributed by atoms with E-state index in [9.17, 15) is 13.2 Å². The zero-order chi connectivity index (χ0) is 18.6. The number of hydrogen-bond acceptors (Lipinski definition) is 4. The van der Waals surface area contributed by atoms with Gasteiger partial charge < -0.3 is 0 Å². The van der Waals surface area contributed by atoms with Gasteiger partial charge in [-0.2, -0.15) is 9.41 Å². The second-order valence-corrected chi connectivity index (χ2v) is 8.27. The lowest BCUT2D eigenvalue weighted by Crippen LogP contribution is -2.28. The number of carbonyl (C=O) groups is 1. The summed E-state index contributed by atoms with van der Waals surface area (Å²) in [4.78, 5) is 12.4. The Kier molecular flexibility index (Phi) is 5.70. The molecule has 3 rings (SSSR count). The summed E-state index contributed by atoms with van der Waals surface area (Å²) in [7, 11) is -3.56. The number of sulfonamides is 1. The van der Waals surface area contributed by atoms with Crippen molar-refractivity contribution in [3.8, 4) is 0 Å². The van der Waals surface area contributed by atoms with Crippen molar-refractivity contribution in [2.45, 2.75) is 17.7 Å². The van der Waals surface area contributed by atoms with Gasteiger partial charge in [-0.05, 0) is 48.7 Å². The monoisotopic (exact) mass is 391 g/mol. The normalized spacial score (nSPS) is 15.4. The summed E-state index contributed by atoms with van der Waals surface area (Å²) >= 11 is 5.89. The van der Waals surface area contributed by atoms with Gasteiger partial charge in [-0.3, -0.25) is 4.79 Å². The highest BCUT2D eigenvalue weighted by Gasteiger charge is 2.27. The van der Waals surface area contributed by atoms with Gasteiger partial charge in [0.1, 0.15) is 0 Å². The topological polar surface area (TPSA) is 78.8 Å². The van der Waals surface area contributed by atoms with Crippen LogP contribution in [0.3, 0.4) is 0 Å². The fourth-order valence-electron chi connectivity index (χ4n) is 2.69. The number of amides is 1. The molecule has 0 radical (unpaired) electrons. The minimum absolute atomic E-state index is 0.117. The van der Waals surface area contributed by atoms with Crippen LogP contribution in [0.2, 0.25) is 5.02 Å². The Morgan fingerprint density at radius 3 is 2.58 bits per heavy atom. The lowest BCUT2D eigenvalue weighted by Gasteiger charge is -2.15. The summed E-state index contributed by atoms with van der Waals surface area (Å²) in [5, 5.41) is 4.45. The van der Waals surface area contributed by atoms with E-state index in [0.29, 0.717) is 18.1 Å². The van der Waals surface area contributed by atoms with E-state index in [2.05, 4.69) is 10.5 Å². The van der Waals surface area contributed by atoms with Gasteiger partial charge in [0.05, 0.1) is 11.1 Å². The summed E-state index contributed by atoms with van der Waals surface area (Å²) in [6.07, 6.45) is 3.18. The van der Waals surface area contributed by atoms with Crippen LogP contribution in [-0.4, -0.2) is 37.9 Å². The molecule has 2 aromatic carbocycles. The van der Waals surface area contributed by atoms with Crippen LogP contribution < -0.4 is 5.43 Å². The molecule has 0 saturated carbocycles. The third-order valence-corrected chi connectivity index (χ3v) is 6.16. The highest BCUT2D eigenvalue weighted by molar-refractivity contribution is 7.89. The number of hydrazone groups is 1. The Bertz CT molecular complexity index is 938. The van der Waals surface area contributed by atoms with Gasteiger partial charge in [0.2, 0.25) is 10.0 Å². The average Bonchev–Trinajstić information content (AvgIpc) is 3.17. The van der Waals surface area contributed by atoms with E-state index in [1.54, 1.807) is 36.4 Å². The van der Waals surface area contributed by atoms with E-state index < -0.39 is 15.9 Å². The Morgan fingerprint density at radius 1 is 1.12 bits per heavy atom. The van der Waals surface area contributed by atoms with Gasteiger partial charge in [0, 0.05) is 23.7 Å². The van der Waals surface area contributed by atoms with Crippen molar-refractivity contribution in [2.75, 3.05) is 13.1 Å². The average molecular weight is 392 g/mol. The first-order chi connectivity index (χ1) is 12.5. The zero-order valence-electron chi connectivity index (χ0n) is 13.9. The SMILES string of the molecule is O=C(NN=Cc1cccc(Cl)c1)c1cccc(S(=O)(=O)N2CCCC2)c1. The van der Waals surface area contributed by atoms with E-state index in [1.165, 1.54) is 22.7 Å². The van der Waals surface area contributed by atoms with Crippen LogP contribution in [0.25, 0.3) is 0 Å². The van der Waals surface area contributed by atoms with E-state index >= 15 is 0 Å². The standard InChI is InChI=1S/C18H18ClN3O3S/c19-16-7-3-5-14(11-16)13-20-21-18(23)15-6-4-8-17(12-15)26(24,25)22-9-1-2-10-22/h3-8,11-13H,1-2,9-10H2,(H,21,23). The van der Waals surface area contributed by atoms with Gasteiger partial charge in [0.25, 0.3) is 5.91 Å². The molecule has 1 heterocycles. The molecule has 6 nitrogen and oxygen atoms in total. The van der Waals surface area contributed by atoms with Gasteiger partial charge in [-0.1, -0.05) is 29.8 Å². The molecule has 1 aliphatic rings. The fourth-order valence-corrected chi connectivity index (χ4v) is 4.45. The molecule has 1 saturated heterocycles. The highest BCUT2D eigenvalue weighted by Crippen LogP contribution is 2.21. The second-order valence-electron chi connectivity index (χ2n) is 5.89.